The monoisotopic (exact) mass is 672 g/mol. The van der Waals surface area contributed by atoms with Crippen molar-refractivity contribution in [3.8, 4) is 0 Å². The normalized spacial score (nSPS) is 51.8. The molecule has 3 saturated heterocycles. The number of carbonyl (C=O) groups is 1. The van der Waals surface area contributed by atoms with E-state index in [0.29, 0.717) is 56.2 Å². The number of ether oxygens (including phenoxy) is 3. The number of carbonyl (C=O) groups excluding carboxylic acids is 1. The second-order valence-corrected chi connectivity index (χ2v) is 19.6. The molecular weight excluding hydrogens is 608 g/mol. The van der Waals surface area contributed by atoms with Crippen LogP contribution in [-0.2, 0) is 19.0 Å². The van der Waals surface area contributed by atoms with Gasteiger partial charge >= 0.3 is 0 Å². The third-order valence-corrected chi connectivity index (χ3v) is 16.9. The first-order valence-electron chi connectivity index (χ1n) is 19.5. The van der Waals surface area contributed by atoms with Crippen molar-refractivity contribution >= 4 is 5.91 Å². The largest absolute Gasteiger partial charge is 0.390 e. The summed E-state index contributed by atoms with van der Waals surface area (Å²) < 4.78 is 19.7. The second kappa shape index (κ2) is 11.1. The molecule has 9 heteroatoms. The van der Waals surface area contributed by atoms with Crippen LogP contribution in [0.25, 0.3) is 0 Å². The molecule has 9 nitrogen and oxygen atoms in total. The van der Waals surface area contributed by atoms with E-state index in [1.54, 1.807) is 13.8 Å². The zero-order chi connectivity index (χ0) is 34.2. The average Bonchev–Trinajstić information content (AvgIpc) is 3.64. The molecule has 2 spiro atoms. The molecule has 5 aliphatic carbocycles. The number of hydrogen-bond donors (Lipinski definition) is 4. The van der Waals surface area contributed by atoms with E-state index < -0.39 is 23.9 Å². The van der Waals surface area contributed by atoms with Crippen molar-refractivity contribution in [3.05, 3.63) is 0 Å². The summed E-state index contributed by atoms with van der Waals surface area (Å²) >= 11 is 0. The Kier molecular flexibility index (Phi) is 7.93. The Morgan fingerprint density at radius 1 is 1.06 bits per heavy atom. The van der Waals surface area contributed by atoms with Crippen LogP contribution in [0.1, 0.15) is 106 Å². The van der Waals surface area contributed by atoms with Crippen LogP contribution in [0, 0.1) is 56.7 Å². The van der Waals surface area contributed by atoms with Crippen LogP contribution < -0.4 is 5.32 Å². The minimum atomic E-state index is -1.26. The molecule has 272 valence electrons. The minimum Gasteiger partial charge on any atom is -0.390 e. The third-order valence-electron chi connectivity index (χ3n) is 16.9. The number of morpholine rings is 1. The van der Waals surface area contributed by atoms with Crippen molar-refractivity contribution in [2.45, 2.75) is 149 Å². The zero-order valence-electron chi connectivity index (χ0n) is 30.7. The van der Waals surface area contributed by atoms with E-state index in [2.05, 4.69) is 39.9 Å². The number of aliphatic hydroxyl groups is 3. The highest BCUT2D eigenvalue weighted by atomic mass is 16.7. The summed E-state index contributed by atoms with van der Waals surface area (Å²) in [5, 5.41) is 37.4. The Balaban J connectivity index is 0.994. The molecule has 0 bridgehead atoms. The van der Waals surface area contributed by atoms with E-state index in [0.717, 1.165) is 45.2 Å². The van der Waals surface area contributed by atoms with Crippen LogP contribution in [0.5, 0.6) is 0 Å². The van der Waals surface area contributed by atoms with Gasteiger partial charge in [0.25, 0.3) is 0 Å². The number of nitrogens with one attached hydrogen (secondary N) is 1. The third kappa shape index (κ3) is 4.55. The Labute approximate surface area is 288 Å². The number of rotatable bonds is 6. The molecule has 0 aromatic heterocycles. The molecule has 4 N–H and O–H groups in total. The predicted octanol–water partition coefficient (Wildman–Crippen LogP) is 4.11. The maximum atomic E-state index is 13.0. The number of aliphatic hydroxyl groups excluding tert-OH is 2. The van der Waals surface area contributed by atoms with Gasteiger partial charge in [0.1, 0.15) is 6.10 Å². The average molecular weight is 673 g/mol. The number of amides is 1. The van der Waals surface area contributed by atoms with Gasteiger partial charge in [-0.1, -0.05) is 34.6 Å². The molecule has 0 aromatic carbocycles. The zero-order valence-corrected chi connectivity index (χ0v) is 30.7. The summed E-state index contributed by atoms with van der Waals surface area (Å²) in [6, 6.07) is 0. The van der Waals surface area contributed by atoms with E-state index in [1.165, 1.54) is 12.8 Å². The molecule has 0 aromatic rings. The van der Waals surface area contributed by atoms with Gasteiger partial charge in [-0.05, 0) is 130 Å². The van der Waals surface area contributed by atoms with E-state index in [1.807, 2.05) is 4.90 Å². The first-order valence-corrected chi connectivity index (χ1v) is 19.5. The van der Waals surface area contributed by atoms with Gasteiger partial charge in [0.05, 0.1) is 43.2 Å². The van der Waals surface area contributed by atoms with Crippen molar-refractivity contribution < 1.29 is 34.3 Å². The van der Waals surface area contributed by atoms with Crippen LogP contribution in [-0.4, -0.2) is 101 Å². The van der Waals surface area contributed by atoms with Gasteiger partial charge in [0, 0.05) is 18.4 Å². The van der Waals surface area contributed by atoms with Crippen LogP contribution >= 0.6 is 0 Å². The molecule has 8 aliphatic rings. The van der Waals surface area contributed by atoms with E-state index in [9.17, 15) is 20.1 Å². The summed E-state index contributed by atoms with van der Waals surface area (Å²) in [5.74, 6) is 2.22. The molecule has 5 saturated carbocycles. The first kappa shape index (κ1) is 34.3. The number of hydrogen-bond acceptors (Lipinski definition) is 8. The van der Waals surface area contributed by atoms with Crippen LogP contribution in [0.15, 0.2) is 0 Å². The lowest BCUT2D eigenvalue weighted by molar-refractivity contribution is -0.248. The summed E-state index contributed by atoms with van der Waals surface area (Å²) in [6.45, 7) is 18.9. The minimum absolute atomic E-state index is 0.0119. The summed E-state index contributed by atoms with van der Waals surface area (Å²) in [7, 11) is 0. The van der Waals surface area contributed by atoms with Crippen LogP contribution in [0.4, 0.5) is 0 Å². The van der Waals surface area contributed by atoms with Crippen molar-refractivity contribution in [1.29, 1.82) is 0 Å². The predicted molar refractivity (Wildman–Crippen MR) is 181 cm³/mol. The van der Waals surface area contributed by atoms with Gasteiger partial charge in [-0.25, -0.2) is 0 Å². The SMILES string of the molecule is C[C@@H]1C[C@H]([C@H](O)C(C)(C)O)O[C@H]2C1[C@@]1(C)CC[C@@]34C[C@@]35CC[C@H](OC3CN(C(=O)CC6CNC6)CCO3)C(C)(C)[C@@H]5CC[C@H]4[C@]1(C)[C@H]2O. The van der Waals surface area contributed by atoms with Crippen molar-refractivity contribution in [3.63, 3.8) is 0 Å². The highest BCUT2D eigenvalue weighted by Gasteiger charge is 2.84. The Morgan fingerprint density at radius 2 is 1.77 bits per heavy atom. The van der Waals surface area contributed by atoms with Gasteiger partial charge in [-0.2, -0.15) is 0 Å². The molecule has 0 radical (unpaired) electrons. The fourth-order valence-electron chi connectivity index (χ4n) is 14.2. The van der Waals surface area contributed by atoms with Gasteiger partial charge in [-0.3, -0.25) is 4.79 Å². The van der Waals surface area contributed by atoms with Gasteiger partial charge in [0.15, 0.2) is 6.29 Å². The lowest BCUT2D eigenvalue weighted by Gasteiger charge is -2.64. The van der Waals surface area contributed by atoms with Crippen LogP contribution in [0.3, 0.4) is 0 Å². The van der Waals surface area contributed by atoms with Crippen molar-refractivity contribution in [2.75, 3.05) is 32.8 Å². The standard InChI is InChI=1S/C39H64N2O7/c1-22-16-24(32(43)35(4,5)45)47-31-30(22)36(6)12-13-39-21-38(39)11-10-27(34(2,3)25(38)8-9-26(39)37(36,7)33(31)44)48-29-20-41(14-15-46-29)28(42)17-23-18-40-19-23/h22-27,29-33,40,43-45H,8-21H2,1-7H3/t22-,24-,25+,26+,27+,29?,30?,31+,32+,33+,36-,37-,38-,39+/m1/s1. The number of fused-ring (bicyclic) bond motifs is 4. The molecule has 8 fully saturated rings. The smallest absolute Gasteiger partial charge is 0.223 e. The molecule has 3 heterocycles. The van der Waals surface area contributed by atoms with E-state index in [4.69, 9.17) is 14.2 Å². The Hall–Kier alpha value is -0.810. The lowest BCUT2D eigenvalue weighted by Crippen LogP contribution is -2.60. The Bertz CT molecular complexity index is 1280. The van der Waals surface area contributed by atoms with E-state index in [-0.39, 0.29) is 57.4 Å². The summed E-state index contributed by atoms with van der Waals surface area (Å²) in [4.78, 5) is 15.0. The maximum absolute atomic E-state index is 13.0. The van der Waals surface area contributed by atoms with Crippen molar-refractivity contribution in [1.82, 2.24) is 10.2 Å². The highest BCUT2D eigenvalue weighted by Crippen LogP contribution is 2.89. The second-order valence-electron chi connectivity index (χ2n) is 19.6. The molecule has 3 aliphatic heterocycles. The Morgan fingerprint density at radius 3 is 2.46 bits per heavy atom. The van der Waals surface area contributed by atoms with Crippen molar-refractivity contribution in [2.24, 2.45) is 56.7 Å². The topological polar surface area (TPSA) is 121 Å². The van der Waals surface area contributed by atoms with E-state index >= 15 is 0 Å². The fourth-order valence-corrected chi connectivity index (χ4v) is 14.2. The molecule has 14 atom stereocenters. The highest BCUT2D eigenvalue weighted by molar-refractivity contribution is 5.76. The maximum Gasteiger partial charge on any atom is 0.223 e. The van der Waals surface area contributed by atoms with Gasteiger partial charge in [0.2, 0.25) is 5.91 Å². The quantitative estimate of drug-likeness (QED) is 0.333. The molecule has 8 rings (SSSR count). The number of nitrogens with zero attached hydrogens (tertiary/aromatic N) is 1. The van der Waals surface area contributed by atoms with Crippen LogP contribution in [0.2, 0.25) is 0 Å². The fraction of sp³-hybridized carbons (Fsp3) is 0.974. The molecular formula is C39H64N2O7. The van der Waals surface area contributed by atoms with Gasteiger partial charge < -0.3 is 39.7 Å². The molecule has 1 amide bonds. The molecule has 48 heavy (non-hydrogen) atoms. The lowest BCUT2D eigenvalue weighted by atomic mass is 9.41. The molecule has 2 unspecified atom stereocenters. The first-order chi connectivity index (χ1) is 22.5. The van der Waals surface area contributed by atoms with Gasteiger partial charge in [-0.15, -0.1) is 0 Å². The summed E-state index contributed by atoms with van der Waals surface area (Å²) in [5.41, 5.74) is -1.04. The summed E-state index contributed by atoms with van der Waals surface area (Å²) in [6.07, 6.45) is 6.70.